The van der Waals surface area contributed by atoms with Gasteiger partial charge in [0.25, 0.3) is 0 Å². The fourth-order valence-electron chi connectivity index (χ4n) is 7.25. The highest BCUT2D eigenvalue weighted by atomic mass is 16.2. The van der Waals surface area contributed by atoms with Crippen LogP contribution in [0, 0.1) is 35.5 Å². The Kier molecular flexibility index (Phi) is 6.32. The largest absolute Gasteiger partial charge is 0.353 e. The molecule has 4 saturated carbocycles. The molecule has 0 aliphatic heterocycles. The van der Waals surface area contributed by atoms with Gasteiger partial charge < -0.3 is 10.6 Å². The van der Waals surface area contributed by atoms with Crippen LogP contribution in [0.15, 0.2) is 0 Å². The van der Waals surface area contributed by atoms with Crippen molar-refractivity contribution in [2.75, 3.05) is 0 Å². The molecule has 0 spiro atoms. The zero-order chi connectivity index (χ0) is 19.7. The Morgan fingerprint density at radius 1 is 0.714 bits per heavy atom. The van der Waals surface area contributed by atoms with Gasteiger partial charge in [0.15, 0.2) is 0 Å². The van der Waals surface area contributed by atoms with Gasteiger partial charge >= 0.3 is 0 Å². The Labute approximate surface area is 171 Å². The van der Waals surface area contributed by atoms with E-state index in [4.69, 9.17) is 0 Å². The maximum absolute atomic E-state index is 12.3. The van der Waals surface area contributed by atoms with E-state index in [2.05, 4.69) is 24.5 Å². The summed E-state index contributed by atoms with van der Waals surface area (Å²) in [6.07, 6.45) is 13.7. The molecular weight excluding hydrogens is 348 g/mol. The Morgan fingerprint density at radius 3 is 1.46 bits per heavy atom. The molecule has 28 heavy (non-hydrogen) atoms. The van der Waals surface area contributed by atoms with Crippen molar-refractivity contribution in [1.29, 1.82) is 0 Å². The van der Waals surface area contributed by atoms with E-state index in [1.54, 1.807) is 0 Å². The molecule has 8 atom stereocenters. The van der Waals surface area contributed by atoms with Crippen molar-refractivity contribution in [3.8, 4) is 0 Å². The molecule has 0 radical (unpaired) electrons. The number of nitrogens with one attached hydrogen (secondary N) is 2. The summed E-state index contributed by atoms with van der Waals surface area (Å²) < 4.78 is 0. The average Bonchev–Trinajstić information content (AvgIpc) is 3.46. The molecule has 4 heteroatoms. The second-order valence-corrected chi connectivity index (χ2v) is 10.6. The zero-order valence-corrected chi connectivity index (χ0v) is 17.9. The van der Waals surface area contributed by atoms with Crippen LogP contribution in [0.3, 0.4) is 0 Å². The van der Waals surface area contributed by atoms with Crippen molar-refractivity contribution < 1.29 is 9.59 Å². The normalized spacial score (nSPS) is 37.8. The number of fused-ring (bicyclic) bond motifs is 4. The van der Waals surface area contributed by atoms with Gasteiger partial charge in [-0.1, -0.05) is 12.8 Å². The quantitative estimate of drug-likeness (QED) is 0.574. The molecule has 0 unspecified atom stereocenters. The highest BCUT2D eigenvalue weighted by Crippen LogP contribution is 2.50. The van der Waals surface area contributed by atoms with Crippen LogP contribution in [0.5, 0.6) is 0 Å². The van der Waals surface area contributed by atoms with E-state index in [-0.39, 0.29) is 11.8 Å². The van der Waals surface area contributed by atoms with Crippen molar-refractivity contribution in [2.24, 2.45) is 35.5 Å². The van der Waals surface area contributed by atoms with Crippen molar-refractivity contribution in [3.63, 3.8) is 0 Å². The van der Waals surface area contributed by atoms with Crippen LogP contribution >= 0.6 is 0 Å². The molecule has 0 aromatic rings. The third kappa shape index (κ3) is 4.57. The molecule has 4 nitrogen and oxygen atoms in total. The zero-order valence-electron chi connectivity index (χ0n) is 17.9. The van der Waals surface area contributed by atoms with Gasteiger partial charge in [0, 0.05) is 24.9 Å². The number of unbranched alkanes of at least 4 members (excludes halogenated alkanes) is 1. The summed E-state index contributed by atoms with van der Waals surface area (Å²) in [5.74, 6) is 5.28. The van der Waals surface area contributed by atoms with Gasteiger partial charge in [-0.05, 0) is 101 Å². The summed E-state index contributed by atoms with van der Waals surface area (Å²) in [6.45, 7) is 4.38. The van der Waals surface area contributed by atoms with Crippen molar-refractivity contribution >= 4 is 11.8 Å². The fourth-order valence-corrected chi connectivity index (χ4v) is 7.25. The lowest BCUT2D eigenvalue weighted by molar-refractivity contribution is -0.124. The molecule has 2 N–H and O–H groups in total. The van der Waals surface area contributed by atoms with E-state index >= 15 is 0 Å². The molecule has 158 valence electrons. The Morgan fingerprint density at radius 2 is 1.14 bits per heavy atom. The van der Waals surface area contributed by atoms with Gasteiger partial charge in [-0.25, -0.2) is 0 Å². The fraction of sp³-hybridized carbons (Fsp3) is 0.917. The molecule has 4 fully saturated rings. The highest BCUT2D eigenvalue weighted by Gasteiger charge is 2.43. The first-order valence-electron chi connectivity index (χ1n) is 12.1. The lowest BCUT2D eigenvalue weighted by Gasteiger charge is -2.28. The molecule has 4 rings (SSSR count). The van der Waals surface area contributed by atoms with Crippen LogP contribution in [-0.4, -0.2) is 23.9 Å². The summed E-state index contributed by atoms with van der Waals surface area (Å²) >= 11 is 0. The Hall–Kier alpha value is -1.06. The molecule has 0 heterocycles. The molecular formula is C24H40N2O2. The summed E-state index contributed by atoms with van der Waals surface area (Å²) in [6, 6.07) is 0.627. The minimum absolute atomic E-state index is 0.172. The van der Waals surface area contributed by atoms with Crippen molar-refractivity contribution in [2.45, 2.75) is 103 Å². The number of hydrogen-bond acceptors (Lipinski definition) is 2. The third-order valence-electron chi connectivity index (χ3n) is 8.71. The topological polar surface area (TPSA) is 58.2 Å². The molecule has 2 amide bonds. The number of hydrogen-bond donors (Lipinski definition) is 2. The molecule has 4 aliphatic rings. The summed E-state index contributed by atoms with van der Waals surface area (Å²) in [5, 5.41) is 6.48. The van der Waals surface area contributed by atoms with E-state index in [1.807, 2.05) is 0 Å². The maximum atomic E-state index is 12.3. The Bertz CT molecular complexity index is 527. The summed E-state index contributed by atoms with van der Waals surface area (Å²) in [5.41, 5.74) is 0. The molecule has 4 bridgehead atoms. The van der Waals surface area contributed by atoms with E-state index in [0.29, 0.717) is 36.8 Å². The van der Waals surface area contributed by atoms with E-state index in [9.17, 15) is 9.59 Å². The van der Waals surface area contributed by atoms with Crippen LogP contribution < -0.4 is 10.6 Å². The van der Waals surface area contributed by atoms with Crippen LogP contribution in [0.2, 0.25) is 0 Å². The van der Waals surface area contributed by atoms with Crippen LogP contribution in [0.4, 0.5) is 0 Å². The number of carbonyl (C=O) groups excluding carboxylic acids is 2. The van der Waals surface area contributed by atoms with E-state index < -0.39 is 0 Å². The summed E-state index contributed by atoms with van der Waals surface area (Å²) in [7, 11) is 0. The second-order valence-electron chi connectivity index (χ2n) is 10.6. The lowest BCUT2D eigenvalue weighted by Crippen LogP contribution is -2.40. The van der Waals surface area contributed by atoms with Gasteiger partial charge in [0.2, 0.25) is 11.8 Å². The Balaban J connectivity index is 1.07. The predicted molar refractivity (Wildman–Crippen MR) is 112 cm³/mol. The predicted octanol–water partition coefficient (Wildman–Crippen LogP) is 4.43. The maximum Gasteiger partial charge on any atom is 0.220 e. The van der Waals surface area contributed by atoms with Gasteiger partial charge in [-0.2, -0.15) is 0 Å². The highest BCUT2D eigenvalue weighted by molar-refractivity contribution is 5.77. The van der Waals surface area contributed by atoms with Gasteiger partial charge in [-0.3, -0.25) is 9.59 Å². The van der Waals surface area contributed by atoms with Gasteiger partial charge in [-0.15, -0.1) is 0 Å². The third-order valence-corrected chi connectivity index (χ3v) is 8.71. The first-order chi connectivity index (χ1) is 13.5. The number of amides is 2. The average molecular weight is 389 g/mol. The minimum atomic E-state index is 0.172. The smallest absolute Gasteiger partial charge is 0.220 e. The molecule has 0 saturated heterocycles. The molecule has 4 aliphatic carbocycles. The van der Waals surface area contributed by atoms with Crippen LogP contribution in [0.1, 0.15) is 90.9 Å². The SMILES string of the molecule is C[C@H](NC(=O)CCCCC(=O)N[C@H](C)[C@H]1C[C@H]2CC[C@H]1C2)[C@@H]1C[C@H]2CC[C@H]1C2. The number of rotatable bonds is 9. The lowest BCUT2D eigenvalue weighted by atomic mass is 9.84. The van der Waals surface area contributed by atoms with E-state index in [0.717, 1.165) is 36.5 Å². The first kappa shape index (κ1) is 20.2. The summed E-state index contributed by atoms with van der Waals surface area (Å²) in [4.78, 5) is 24.5. The van der Waals surface area contributed by atoms with Crippen LogP contribution in [-0.2, 0) is 9.59 Å². The molecule has 0 aromatic heterocycles. The van der Waals surface area contributed by atoms with E-state index in [1.165, 1.54) is 51.4 Å². The van der Waals surface area contributed by atoms with Crippen LogP contribution in [0.25, 0.3) is 0 Å². The van der Waals surface area contributed by atoms with Crippen molar-refractivity contribution in [3.05, 3.63) is 0 Å². The standard InChI is InChI=1S/C24H40N2O2/c1-15(21-13-17-7-9-19(21)11-17)25-23(27)5-3-4-6-24(28)26-16(2)22-14-18-8-10-20(22)12-18/h15-22H,3-14H2,1-2H3,(H,25,27)(H,26,28)/t15-,16+,17-,18-,19-,20-,21-,22+/m0/s1. The monoisotopic (exact) mass is 388 g/mol. The number of carbonyl (C=O) groups is 2. The van der Waals surface area contributed by atoms with Gasteiger partial charge in [0.05, 0.1) is 0 Å². The van der Waals surface area contributed by atoms with Crippen molar-refractivity contribution in [1.82, 2.24) is 10.6 Å². The first-order valence-corrected chi connectivity index (χ1v) is 12.1. The second kappa shape index (κ2) is 8.75. The molecule has 0 aromatic carbocycles. The van der Waals surface area contributed by atoms with Gasteiger partial charge in [0.1, 0.15) is 0 Å². The minimum Gasteiger partial charge on any atom is -0.353 e.